The summed E-state index contributed by atoms with van der Waals surface area (Å²) in [4.78, 5) is 58.7. The molecule has 2 heterocycles. The Bertz CT molecular complexity index is 1030. The van der Waals surface area contributed by atoms with E-state index in [0.29, 0.717) is 35.0 Å². The average Bonchev–Trinajstić information content (AvgIpc) is 2.92. The molecule has 9 nitrogen and oxygen atoms in total. The third-order valence-electron chi connectivity index (χ3n) is 5.84. The summed E-state index contributed by atoms with van der Waals surface area (Å²) < 4.78 is 5.47. The Morgan fingerprint density at radius 3 is 2.69 bits per heavy atom. The molecule has 0 saturated heterocycles. The van der Waals surface area contributed by atoms with E-state index >= 15 is 0 Å². The number of fused-ring (bicyclic) bond motifs is 2. The van der Waals surface area contributed by atoms with E-state index in [1.54, 1.807) is 25.1 Å². The molecule has 1 aliphatic rings. The van der Waals surface area contributed by atoms with Gasteiger partial charge in [-0.3, -0.25) is 24.2 Å². The molecule has 1 aliphatic heterocycles. The van der Waals surface area contributed by atoms with Crippen LogP contribution in [-0.2, 0) is 30.5 Å². The molecule has 1 aromatic heterocycles. The fraction of sp³-hybridized carbons (Fsp3) is 0.571. The Hall–Kier alpha value is -2.66. The van der Waals surface area contributed by atoms with E-state index in [1.165, 1.54) is 42.8 Å². The van der Waals surface area contributed by atoms with E-state index < -0.39 is 24.0 Å². The van der Waals surface area contributed by atoms with Gasteiger partial charge in [-0.1, -0.05) is 56.5 Å². The van der Waals surface area contributed by atoms with E-state index in [2.05, 4.69) is 27.5 Å². The average molecular weight is 577 g/mol. The molecule has 2 amide bonds. The molecular formula is C28H40N4O5S2. The van der Waals surface area contributed by atoms with Crippen LogP contribution in [0.2, 0.25) is 0 Å². The molecule has 39 heavy (non-hydrogen) atoms. The number of cyclic esters (lactones) is 1. The number of nitrogens with one attached hydrogen (secondary N) is 2. The first-order chi connectivity index (χ1) is 18.8. The summed E-state index contributed by atoms with van der Waals surface area (Å²) in [5, 5.41) is 6.14. The fourth-order valence-corrected chi connectivity index (χ4v) is 5.06. The highest BCUT2D eigenvalue weighted by Crippen LogP contribution is 2.14. The molecule has 11 heteroatoms. The number of esters is 1. The van der Waals surface area contributed by atoms with Gasteiger partial charge in [0.25, 0.3) is 0 Å². The standard InChI is InChI=1S/C28H40N4O5S2/c1-4-5-6-7-8-15-26(35)39-16-10-9-13-22-17-24(33)29-18-21-12-11-14-23(32-21)28(38-3)31-20(2)27(36)30-19-25(34)37-22/h9,11-14,20,22H,4-8,10,15-19H2,1-3H3,(H,29,33)(H,30,36)/b13-9+,31-28-/t20-,22-/m1/s1. The number of amides is 2. The lowest BCUT2D eigenvalue weighted by Gasteiger charge is -2.16. The molecule has 214 valence electrons. The van der Waals surface area contributed by atoms with Gasteiger partial charge in [0, 0.05) is 12.2 Å². The first-order valence-corrected chi connectivity index (χ1v) is 15.7. The van der Waals surface area contributed by atoms with Gasteiger partial charge < -0.3 is 15.4 Å². The summed E-state index contributed by atoms with van der Waals surface area (Å²) >= 11 is 2.67. The zero-order valence-corrected chi connectivity index (χ0v) is 24.7. The highest BCUT2D eigenvalue weighted by molar-refractivity contribution is 8.14. The van der Waals surface area contributed by atoms with Crippen molar-refractivity contribution in [1.82, 2.24) is 15.6 Å². The third kappa shape index (κ3) is 13.3. The molecule has 2 N–H and O–H groups in total. The Balaban J connectivity index is 1.98. The van der Waals surface area contributed by atoms with Crippen LogP contribution in [-0.4, -0.2) is 63.6 Å². The van der Waals surface area contributed by atoms with E-state index in [-0.39, 0.29) is 30.5 Å². The Morgan fingerprint density at radius 1 is 1.13 bits per heavy atom. The lowest BCUT2D eigenvalue weighted by Crippen LogP contribution is -2.38. The number of aliphatic imine (C=N–C) groups is 1. The second kappa shape index (κ2) is 18.6. The van der Waals surface area contributed by atoms with Gasteiger partial charge in [-0.15, -0.1) is 11.8 Å². The molecule has 2 bridgehead atoms. The van der Waals surface area contributed by atoms with Crippen molar-refractivity contribution >= 4 is 51.5 Å². The van der Waals surface area contributed by atoms with Gasteiger partial charge in [-0.05, 0) is 44.2 Å². The smallest absolute Gasteiger partial charge is 0.326 e. The van der Waals surface area contributed by atoms with Gasteiger partial charge in [0.15, 0.2) is 5.12 Å². The molecule has 0 fully saturated rings. The lowest BCUT2D eigenvalue weighted by atomic mass is 10.1. The summed E-state index contributed by atoms with van der Waals surface area (Å²) in [6.07, 6.45) is 11.2. The maximum absolute atomic E-state index is 12.6. The van der Waals surface area contributed by atoms with Gasteiger partial charge in [0.2, 0.25) is 11.8 Å². The predicted molar refractivity (Wildman–Crippen MR) is 158 cm³/mol. The number of pyridine rings is 1. The van der Waals surface area contributed by atoms with Crippen molar-refractivity contribution < 1.29 is 23.9 Å². The van der Waals surface area contributed by atoms with E-state index in [4.69, 9.17) is 4.74 Å². The van der Waals surface area contributed by atoms with Crippen molar-refractivity contribution in [1.29, 1.82) is 0 Å². The van der Waals surface area contributed by atoms with Crippen LogP contribution in [0.1, 0.15) is 76.6 Å². The lowest BCUT2D eigenvalue weighted by molar-refractivity contribution is -0.148. The van der Waals surface area contributed by atoms with Crippen LogP contribution in [0.15, 0.2) is 35.3 Å². The van der Waals surface area contributed by atoms with E-state index in [1.807, 2.05) is 18.4 Å². The highest BCUT2D eigenvalue weighted by Gasteiger charge is 2.20. The zero-order chi connectivity index (χ0) is 28.5. The number of carbonyl (C=O) groups is 4. The minimum Gasteiger partial charge on any atom is -0.456 e. The van der Waals surface area contributed by atoms with E-state index in [9.17, 15) is 19.2 Å². The third-order valence-corrected chi connectivity index (χ3v) is 7.50. The van der Waals surface area contributed by atoms with E-state index in [0.717, 1.165) is 12.8 Å². The quantitative estimate of drug-likeness (QED) is 0.241. The number of thioether (sulfide) groups is 2. The minimum absolute atomic E-state index is 0.0758. The maximum atomic E-state index is 12.6. The Labute approximate surface area is 239 Å². The summed E-state index contributed by atoms with van der Waals surface area (Å²) in [6.45, 7) is 3.67. The van der Waals surface area contributed by atoms with Crippen molar-refractivity contribution in [3.63, 3.8) is 0 Å². The number of aromatic nitrogens is 1. The summed E-state index contributed by atoms with van der Waals surface area (Å²) in [5.74, 6) is -0.760. The topological polar surface area (TPSA) is 127 Å². The second-order valence-electron chi connectivity index (χ2n) is 9.16. The largest absolute Gasteiger partial charge is 0.456 e. The molecule has 0 aromatic carbocycles. The molecule has 0 saturated carbocycles. The summed E-state index contributed by atoms with van der Waals surface area (Å²) in [7, 11) is 0. The SMILES string of the molecule is CCCCCCCC(=O)SCC/C=C/[C@@H]1CC(=O)NCc2cccc(n2)/C(SC)=N/[C@H](C)C(=O)NCC(=O)O1. The number of unbranched alkanes of at least 4 members (excludes halogenated alkanes) is 4. The first kappa shape index (κ1) is 32.6. The van der Waals surface area contributed by atoms with Crippen LogP contribution in [0, 0.1) is 0 Å². The van der Waals surface area contributed by atoms with Crippen molar-refractivity contribution in [2.24, 2.45) is 4.99 Å². The number of hydrogen-bond donors (Lipinski definition) is 2. The minimum atomic E-state index is -0.806. The van der Waals surface area contributed by atoms with Crippen molar-refractivity contribution in [2.45, 2.75) is 83.9 Å². The van der Waals surface area contributed by atoms with Crippen LogP contribution < -0.4 is 10.6 Å². The number of carbonyl (C=O) groups excluding carboxylic acids is 4. The number of rotatable bonds is 10. The Kier molecular flexibility index (Phi) is 15.5. The van der Waals surface area contributed by atoms with Crippen LogP contribution in [0.5, 0.6) is 0 Å². The fourth-order valence-electron chi connectivity index (χ4n) is 3.70. The van der Waals surface area contributed by atoms with Crippen molar-refractivity contribution in [2.75, 3.05) is 18.6 Å². The van der Waals surface area contributed by atoms with Gasteiger partial charge >= 0.3 is 5.97 Å². The molecule has 0 unspecified atom stereocenters. The predicted octanol–water partition coefficient (Wildman–Crippen LogP) is 4.19. The molecule has 0 aliphatic carbocycles. The normalized spacial score (nSPS) is 20.6. The molecule has 0 spiro atoms. The van der Waals surface area contributed by atoms with Gasteiger partial charge in [-0.25, -0.2) is 4.98 Å². The number of ether oxygens (including phenoxy) is 1. The van der Waals surface area contributed by atoms with Gasteiger partial charge in [-0.2, -0.15) is 0 Å². The molecule has 0 radical (unpaired) electrons. The van der Waals surface area contributed by atoms with Crippen molar-refractivity contribution in [3.8, 4) is 0 Å². The van der Waals surface area contributed by atoms with Crippen LogP contribution in [0.25, 0.3) is 0 Å². The molecule has 1 aromatic rings. The van der Waals surface area contributed by atoms with Gasteiger partial charge in [0.05, 0.1) is 24.4 Å². The zero-order valence-electron chi connectivity index (χ0n) is 23.1. The summed E-state index contributed by atoms with van der Waals surface area (Å²) in [5.41, 5.74) is 1.25. The monoisotopic (exact) mass is 576 g/mol. The first-order valence-electron chi connectivity index (χ1n) is 13.5. The number of allylic oxidation sites excluding steroid dienone is 1. The highest BCUT2D eigenvalue weighted by atomic mass is 32.2. The van der Waals surface area contributed by atoms with Crippen LogP contribution in [0.3, 0.4) is 0 Å². The molecule has 2 rings (SSSR count). The number of nitrogens with zero attached hydrogens (tertiary/aromatic N) is 2. The Morgan fingerprint density at radius 2 is 1.92 bits per heavy atom. The number of hydrogen-bond acceptors (Lipinski definition) is 9. The molecule has 2 atom stereocenters. The van der Waals surface area contributed by atoms with Crippen molar-refractivity contribution in [3.05, 3.63) is 41.7 Å². The summed E-state index contributed by atoms with van der Waals surface area (Å²) in [6, 6.07) is 4.69. The second-order valence-corrected chi connectivity index (χ2v) is 11.1. The van der Waals surface area contributed by atoms with Gasteiger partial charge in [0.1, 0.15) is 23.7 Å². The maximum Gasteiger partial charge on any atom is 0.326 e. The van der Waals surface area contributed by atoms with Crippen LogP contribution in [0.4, 0.5) is 0 Å². The molecular weight excluding hydrogens is 536 g/mol. The van der Waals surface area contributed by atoms with Crippen LogP contribution >= 0.6 is 23.5 Å².